The van der Waals surface area contributed by atoms with Crippen molar-refractivity contribution in [1.29, 1.82) is 0 Å². The van der Waals surface area contributed by atoms with Crippen molar-refractivity contribution in [3.05, 3.63) is 47.4 Å². The van der Waals surface area contributed by atoms with Gasteiger partial charge in [0.15, 0.2) is 0 Å². The van der Waals surface area contributed by atoms with Crippen molar-refractivity contribution in [2.45, 2.75) is 51.6 Å². The number of halogens is 3. The fraction of sp³-hybridized carbons (Fsp3) is 0.444. The maximum absolute atomic E-state index is 12.6. The molecule has 27 heavy (non-hydrogen) atoms. The Labute approximate surface area is 159 Å². The Hall–Kier alpha value is -1.84. The van der Waals surface area contributed by atoms with Crippen LogP contribution in [-0.2, 0) is 17.5 Å². The molecule has 0 saturated heterocycles. The SMILES string of the molecule is Cc1cc(C(C)N[S+]([O-])C(C)(C)C)cnc1Oc1ccc(C(F)(F)F)nc1. The van der Waals surface area contributed by atoms with Crippen LogP contribution in [0.25, 0.3) is 0 Å². The first-order valence-corrected chi connectivity index (χ1v) is 9.38. The zero-order valence-corrected chi connectivity index (χ0v) is 16.5. The van der Waals surface area contributed by atoms with Crippen molar-refractivity contribution in [2.75, 3.05) is 0 Å². The van der Waals surface area contributed by atoms with Gasteiger partial charge >= 0.3 is 6.18 Å². The van der Waals surface area contributed by atoms with Gasteiger partial charge in [0.1, 0.15) is 16.2 Å². The summed E-state index contributed by atoms with van der Waals surface area (Å²) in [6.45, 7) is 9.28. The third-order valence-corrected chi connectivity index (χ3v) is 5.31. The number of nitrogens with one attached hydrogen (secondary N) is 1. The molecule has 2 aromatic heterocycles. The summed E-state index contributed by atoms with van der Waals surface area (Å²) in [5.74, 6) is 0.427. The van der Waals surface area contributed by atoms with Gasteiger partial charge < -0.3 is 9.29 Å². The molecule has 0 spiro atoms. The Kier molecular flexibility index (Phi) is 6.39. The third kappa shape index (κ3) is 5.82. The third-order valence-electron chi connectivity index (χ3n) is 3.63. The van der Waals surface area contributed by atoms with Gasteiger partial charge in [0.2, 0.25) is 5.88 Å². The molecule has 1 N–H and O–H groups in total. The predicted octanol–water partition coefficient (Wildman–Crippen LogP) is 4.71. The Morgan fingerprint density at radius 2 is 1.81 bits per heavy atom. The van der Waals surface area contributed by atoms with E-state index >= 15 is 0 Å². The number of aryl methyl sites for hydroxylation is 1. The molecular formula is C18H22F3N3O2S. The van der Waals surface area contributed by atoms with Crippen LogP contribution in [0, 0.1) is 6.92 Å². The zero-order chi connectivity index (χ0) is 20.4. The second kappa shape index (κ2) is 8.04. The molecule has 2 unspecified atom stereocenters. The van der Waals surface area contributed by atoms with Crippen LogP contribution in [0.15, 0.2) is 30.6 Å². The van der Waals surface area contributed by atoms with Crippen LogP contribution in [-0.4, -0.2) is 19.3 Å². The van der Waals surface area contributed by atoms with Gasteiger partial charge in [-0.05, 0) is 58.4 Å². The number of aromatic nitrogens is 2. The van der Waals surface area contributed by atoms with E-state index in [2.05, 4.69) is 14.7 Å². The van der Waals surface area contributed by atoms with Gasteiger partial charge in [-0.15, -0.1) is 4.72 Å². The molecule has 0 radical (unpaired) electrons. The van der Waals surface area contributed by atoms with E-state index in [1.54, 1.807) is 13.1 Å². The van der Waals surface area contributed by atoms with Gasteiger partial charge in [0.25, 0.3) is 0 Å². The Morgan fingerprint density at radius 3 is 2.30 bits per heavy atom. The normalized spacial score (nSPS) is 14.7. The van der Waals surface area contributed by atoms with Crippen molar-refractivity contribution >= 4 is 11.4 Å². The summed E-state index contributed by atoms with van der Waals surface area (Å²) in [5, 5.41) is 0. The molecule has 2 aromatic rings. The van der Waals surface area contributed by atoms with E-state index in [1.807, 2.05) is 33.8 Å². The van der Waals surface area contributed by atoms with E-state index in [-0.39, 0.29) is 17.7 Å². The molecule has 5 nitrogen and oxygen atoms in total. The van der Waals surface area contributed by atoms with E-state index in [4.69, 9.17) is 4.74 Å². The number of ether oxygens (including phenoxy) is 1. The highest BCUT2D eigenvalue weighted by atomic mass is 32.2. The van der Waals surface area contributed by atoms with E-state index < -0.39 is 28.0 Å². The van der Waals surface area contributed by atoms with Crippen LogP contribution in [0.3, 0.4) is 0 Å². The number of rotatable bonds is 5. The highest BCUT2D eigenvalue weighted by molar-refractivity contribution is 7.90. The summed E-state index contributed by atoms with van der Waals surface area (Å²) in [6.07, 6.45) is -1.91. The van der Waals surface area contributed by atoms with Gasteiger partial charge in [-0.2, -0.15) is 13.2 Å². The standard InChI is InChI=1S/C18H22F3N3O2S/c1-11-8-13(12(2)24-27(25)17(3,4)5)9-23-16(11)26-14-6-7-15(22-10-14)18(19,20)21/h6-10,12,24H,1-5H3. The summed E-state index contributed by atoms with van der Waals surface area (Å²) >= 11 is -1.23. The monoisotopic (exact) mass is 401 g/mol. The number of hydrogen-bond acceptors (Lipinski definition) is 5. The summed E-state index contributed by atoms with van der Waals surface area (Å²) in [5.41, 5.74) is 0.534. The highest BCUT2D eigenvalue weighted by Gasteiger charge is 2.32. The van der Waals surface area contributed by atoms with Crippen LogP contribution < -0.4 is 9.46 Å². The Bertz CT molecular complexity index is 777. The van der Waals surface area contributed by atoms with Crippen LogP contribution in [0.1, 0.15) is 50.6 Å². The van der Waals surface area contributed by atoms with E-state index in [0.29, 0.717) is 5.56 Å². The molecule has 0 aliphatic rings. The minimum Gasteiger partial charge on any atom is -0.598 e. The minimum atomic E-state index is -4.50. The van der Waals surface area contributed by atoms with Gasteiger partial charge in [-0.1, -0.05) is 0 Å². The summed E-state index contributed by atoms with van der Waals surface area (Å²) < 4.78 is 58.0. The molecule has 0 fully saturated rings. The van der Waals surface area contributed by atoms with Gasteiger partial charge in [-0.3, -0.25) is 0 Å². The minimum absolute atomic E-state index is 0.159. The lowest BCUT2D eigenvalue weighted by Gasteiger charge is -2.26. The summed E-state index contributed by atoms with van der Waals surface area (Å²) in [7, 11) is 0. The molecule has 2 rings (SSSR count). The molecule has 2 heterocycles. The Balaban J connectivity index is 2.10. The summed E-state index contributed by atoms with van der Waals surface area (Å²) in [6, 6.07) is 3.68. The lowest BCUT2D eigenvalue weighted by molar-refractivity contribution is -0.141. The number of alkyl halides is 3. The maximum atomic E-state index is 12.6. The average Bonchev–Trinajstić information content (AvgIpc) is 2.55. The van der Waals surface area contributed by atoms with Crippen LogP contribution >= 0.6 is 0 Å². The quantitative estimate of drug-likeness (QED) is 0.735. The van der Waals surface area contributed by atoms with Crippen molar-refractivity contribution < 1.29 is 22.5 Å². The predicted molar refractivity (Wildman–Crippen MR) is 97.7 cm³/mol. The molecular weight excluding hydrogens is 379 g/mol. The molecule has 0 saturated carbocycles. The fourth-order valence-corrected chi connectivity index (χ4v) is 2.86. The van der Waals surface area contributed by atoms with Crippen LogP contribution in [0.4, 0.5) is 13.2 Å². The topological polar surface area (TPSA) is 70.1 Å². The van der Waals surface area contributed by atoms with Crippen molar-refractivity contribution in [3.63, 3.8) is 0 Å². The molecule has 0 aliphatic heterocycles. The zero-order valence-electron chi connectivity index (χ0n) is 15.7. The van der Waals surface area contributed by atoms with Gasteiger partial charge in [-0.25, -0.2) is 9.97 Å². The first kappa shape index (κ1) is 21.5. The van der Waals surface area contributed by atoms with Crippen molar-refractivity contribution in [2.24, 2.45) is 0 Å². The molecule has 148 valence electrons. The largest absolute Gasteiger partial charge is 0.598 e. The Morgan fingerprint density at radius 1 is 1.15 bits per heavy atom. The van der Waals surface area contributed by atoms with E-state index in [9.17, 15) is 17.7 Å². The van der Waals surface area contributed by atoms with Crippen molar-refractivity contribution in [1.82, 2.24) is 14.7 Å². The summed E-state index contributed by atoms with van der Waals surface area (Å²) in [4.78, 5) is 7.58. The molecule has 0 aromatic carbocycles. The number of nitrogens with zero attached hydrogens (tertiary/aromatic N) is 2. The lowest BCUT2D eigenvalue weighted by Crippen LogP contribution is -2.40. The molecule has 0 bridgehead atoms. The lowest BCUT2D eigenvalue weighted by atomic mass is 10.1. The van der Waals surface area contributed by atoms with Gasteiger partial charge in [0, 0.05) is 23.1 Å². The number of pyridine rings is 2. The van der Waals surface area contributed by atoms with Crippen LogP contribution in [0.5, 0.6) is 11.6 Å². The first-order chi connectivity index (χ1) is 12.4. The second-order valence-electron chi connectivity index (χ2n) is 7.09. The van der Waals surface area contributed by atoms with Crippen molar-refractivity contribution in [3.8, 4) is 11.6 Å². The fourth-order valence-electron chi connectivity index (χ4n) is 2.05. The number of hydrogen-bond donors (Lipinski definition) is 1. The molecule has 2 atom stereocenters. The molecule has 9 heteroatoms. The first-order valence-electron chi connectivity index (χ1n) is 8.23. The smallest absolute Gasteiger partial charge is 0.433 e. The average molecular weight is 401 g/mol. The van der Waals surface area contributed by atoms with Gasteiger partial charge in [0.05, 0.1) is 12.2 Å². The molecule has 0 aliphatic carbocycles. The van der Waals surface area contributed by atoms with E-state index in [0.717, 1.165) is 17.8 Å². The second-order valence-corrected chi connectivity index (χ2v) is 9.09. The molecule has 0 amide bonds. The van der Waals surface area contributed by atoms with E-state index in [1.165, 1.54) is 6.07 Å². The van der Waals surface area contributed by atoms with Crippen LogP contribution in [0.2, 0.25) is 0 Å². The maximum Gasteiger partial charge on any atom is 0.433 e. The highest BCUT2D eigenvalue weighted by Crippen LogP contribution is 2.30.